The van der Waals surface area contributed by atoms with Gasteiger partial charge in [-0.1, -0.05) is 209 Å². The number of nitrogen functional groups attached to an aromatic ring is 1. The van der Waals surface area contributed by atoms with Gasteiger partial charge in [-0.25, -0.2) is 0 Å². The van der Waals surface area contributed by atoms with Crippen molar-refractivity contribution in [1.82, 2.24) is 0 Å². The molecule has 0 amide bonds. The topological polar surface area (TPSA) is 52.0 Å². The molecule has 0 aliphatic heterocycles. The Morgan fingerprint density at radius 2 is 1.34 bits per heavy atom. The zero-order valence-electron chi connectivity index (χ0n) is 39.9. The molecule has 330 valence electrons. The Bertz CT molecular complexity index is 2570. The highest BCUT2D eigenvalue weighted by Crippen LogP contribution is 2.35. The second-order valence-corrected chi connectivity index (χ2v) is 16.1. The average molecular weight is 845 g/mol. The van der Waals surface area contributed by atoms with Crippen LogP contribution in [0.2, 0.25) is 0 Å². The summed E-state index contributed by atoms with van der Waals surface area (Å²) in [6, 6.07) is 36.8. The summed E-state index contributed by atoms with van der Waals surface area (Å²) in [6.45, 7) is 17.5. The molecular formula is C62H72N2. The minimum Gasteiger partial charge on any atom is -0.405 e. The van der Waals surface area contributed by atoms with Crippen LogP contribution in [0.1, 0.15) is 103 Å². The van der Waals surface area contributed by atoms with Gasteiger partial charge >= 0.3 is 0 Å². The number of benzene rings is 3. The second kappa shape index (κ2) is 27.4. The van der Waals surface area contributed by atoms with Gasteiger partial charge in [-0.05, 0) is 163 Å². The van der Waals surface area contributed by atoms with E-state index in [9.17, 15) is 0 Å². The molecule has 64 heavy (non-hydrogen) atoms. The van der Waals surface area contributed by atoms with Crippen molar-refractivity contribution >= 4 is 28.1 Å². The summed E-state index contributed by atoms with van der Waals surface area (Å²) >= 11 is 0. The lowest BCUT2D eigenvalue weighted by Crippen LogP contribution is -1.93. The van der Waals surface area contributed by atoms with Crippen LogP contribution in [0.5, 0.6) is 0 Å². The van der Waals surface area contributed by atoms with Crippen LogP contribution < -0.4 is 11.5 Å². The van der Waals surface area contributed by atoms with Crippen molar-refractivity contribution in [2.45, 2.75) is 93.9 Å². The van der Waals surface area contributed by atoms with Gasteiger partial charge in [-0.3, -0.25) is 0 Å². The Hall–Kier alpha value is -6.64. The maximum absolute atomic E-state index is 5.66. The lowest BCUT2D eigenvalue weighted by atomic mass is 9.90. The molecule has 0 bridgehead atoms. The van der Waals surface area contributed by atoms with Crippen molar-refractivity contribution in [3.8, 4) is 11.1 Å². The molecule has 1 aliphatic rings. The minimum atomic E-state index is 0.874. The highest BCUT2D eigenvalue weighted by Gasteiger charge is 2.11. The van der Waals surface area contributed by atoms with Crippen molar-refractivity contribution in [3.63, 3.8) is 0 Å². The third kappa shape index (κ3) is 15.6. The van der Waals surface area contributed by atoms with E-state index in [1.165, 1.54) is 83.2 Å². The first-order chi connectivity index (χ1) is 31.1. The fraction of sp³-hybridized carbons (Fsp3) is 0.226. The first-order valence-electron chi connectivity index (χ1n) is 23.1. The van der Waals surface area contributed by atoms with Gasteiger partial charge in [0.05, 0.1) is 0 Å². The van der Waals surface area contributed by atoms with Gasteiger partial charge in [-0.2, -0.15) is 0 Å². The number of hydrogen-bond donors (Lipinski definition) is 2. The molecule has 5 rings (SSSR count). The molecule has 2 nitrogen and oxygen atoms in total. The van der Waals surface area contributed by atoms with Crippen molar-refractivity contribution in [2.24, 2.45) is 5.73 Å². The van der Waals surface area contributed by atoms with Crippen LogP contribution in [0.25, 0.3) is 33.5 Å². The van der Waals surface area contributed by atoms with Crippen LogP contribution in [0.15, 0.2) is 222 Å². The zero-order valence-corrected chi connectivity index (χ0v) is 39.9. The summed E-state index contributed by atoms with van der Waals surface area (Å²) < 4.78 is 0. The summed E-state index contributed by atoms with van der Waals surface area (Å²) in [5, 5.41) is 2.40. The van der Waals surface area contributed by atoms with Crippen molar-refractivity contribution < 1.29 is 0 Å². The van der Waals surface area contributed by atoms with Crippen LogP contribution in [0, 0.1) is 0 Å². The van der Waals surface area contributed by atoms with Crippen molar-refractivity contribution in [1.29, 1.82) is 0 Å². The maximum atomic E-state index is 5.66. The van der Waals surface area contributed by atoms with Crippen LogP contribution in [0.3, 0.4) is 0 Å². The van der Waals surface area contributed by atoms with Gasteiger partial charge < -0.3 is 11.5 Å². The van der Waals surface area contributed by atoms with E-state index in [2.05, 4.69) is 231 Å². The fourth-order valence-corrected chi connectivity index (χ4v) is 7.61. The summed E-state index contributed by atoms with van der Waals surface area (Å²) in [5.74, 6) is 0. The Kier molecular flexibility index (Phi) is 21.4. The minimum absolute atomic E-state index is 0.874. The molecule has 0 radical (unpaired) electrons. The molecule has 0 atom stereocenters. The van der Waals surface area contributed by atoms with E-state index >= 15 is 0 Å². The van der Waals surface area contributed by atoms with E-state index in [4.69, 9.17) is 11.5 Å². The van der Waals surface area contributed by atoms with Gasteiger partial charge in [0.2, 0.25) is 0 Å². The van der Waals surface area contributed by atoms with E-state index in [0.29, 0.717) is 0 Å². The second-order valence-electron chi connectivity index (χ2n) is 16.1. The highest BCUT2D eigenvalue weighted by atomic mass is 14.5. The molecule has 0 spiro atoms. The standard InChI is InChI=1S/C52H57N.C10H15N/c1-7-45(46(8-2)37-38-53)26-16-11-14-24-42(5)43(6)39-44-33-35-49(36-34-44)52-50(31-18-10-9-15-27-47-30-21-22-32-51(47)52)48-28-17-12-13-23-40(3)41(4)25-19-20-29-48;1-3-8-5-6-10(11)7-9(8)4-2/h9-18,20-24,26-39H,7-8,19,25,53H2,1-6H3;5-7H,3-4,11H2,1-2H3/b10-9?,14-11+,15-9?,17-12+,18-10?,23-13-,26-16-,27-15?,29-20-,31-18?,38-37+,41-40-,42-24-,43-39-,46-45-,47-27?,48-28+,50-31?,52-50?,52-51?;. The SMILES string of the molecule is CCC(/C=C\C=C\C=C(C)/C(C)=C\c1ccc(-c2c(C3=C/C=C/C=C\C(C)=C(\C)CC/C=C\3)ccccccc3ccccc23)cc1)=C(/C=C/N)CC.CCc1ccc(N)cc1CC. The molecule has 0 aromatic heterocycles. The number of aryl methyl sites for hydroxylation is 2. The largest absolute Gasteiger partial charge is 0.405 e. The van der Waals surface area contributed by atoms with Crippen LogP contribution >= 0.6 is 0 Å². The lowest BCUT2D eigenvalue weighted by molar-refractivity contribution is 0.963. The smallest absolute Gasteiger partial charge is 0.0316 e. The normalized spacial score (nSPS) is 17.7. The third-order valence-corrected chi connectivity index (χ3v) is 11.7. The zero-order chi connectivity index (χ0) is 46.1. The molecule has 2 heteroatoms. The molecule has 0 unspecified atom stereocenters. The van der Waals surface area contributed by atoms with Gasteiger partial charge in [0.1, 0.15) is 0 Å². The Labute approximate surface area is 387 Å². The molecule has 4 aromatic carbocycles. The van der Waals surface area contributed by atoms with Gasteiger partial charge in [-0.15, -0.1) is 0 Å². The van der Waals surface area contributed by atoms with Gasteiger partial charge in [0.25, 0.3) is 0 Å². The molecule has 4 aromatic rings. The van der Waals surface area contributed by atoms with Crippen molar-refractivity contribution in [3.05, 3.63) is 244 Å². The fourth-order valence-electron chi connectivity index (χ4n) is 7.61. The van der Waals surface area contributed by atoms with Crippen LogP contribution in [-0.2, 0) is 12.8 Å². The number of anilines is 1. The van der Waals surface area contributed by atoms with E-state index in [1.54, 1.807) is 6.20 Å². The van der Waals surface area contributed by atoms with Gasteiger partial charge in [0.15, 0.2) is 0 Å². The summed E-state index contributed by atoms with van der Waals surface area (Å²) in [4.78, 5) is 0. The lowest BCUT2D eigenvalue weighted by Gasteiger charge is -2.13. The molecule has 1 aliphatic carbocycles. The molecule has 4 N–H and O–H groups in total. The van der Waals surface area contributed by atoms with E-state index in [1.807, 2.05) is 12.1 Å². The number of allylic oxidation sites excluding steroid dienone is 20. The quantitative estimate of drug-likeness (QED) is 0.110. The molecular weight excluding hydrogens is 773 g/mol. The predicted octanol–water partition coefficient (Wildman–Crippen LogP) is 17.3. The van der Waals surface area contributed by atoms with E-state index in [0.717, 1.165) is 44.2 Å². The third-order valence-electron chi connectivity index (χ3n) is 11.7. The summed E-state index contributed by atoms with van der Waals surface area (Å²) in [6.07, 6.45) is 38.2. The first kappa shape index (κ1) is 50.0. The number of fused-ring (bicyclic) bond motifs is 1. The first-order valence-corrected chi connectivity index (χ1v) is 23.1. The van der Waals surface area contributed by atoms with Crippen molar-refractivity contribution in [2.75, 3.05) is 5.73 Å². The Balaban J connectivity index is 0.000000710. The monoisotopic (exact) mass is 845 g/mol. The Morgan fingerprint density at radius 3 is 2.05 bits per heavy atom. The molecule has 0 fully saturated rings. The predicted molar refractivity (Wildman–Crippen MR) is 286 cm³/mol. The van der Waals surface area contributed by atoms with Gasteiger partial charge in [0, 0.05) is 5.69 Å². The highest BCUT2D eigenvalue weighted by molar-refractivity contribution is 6.01. The molecule has 0 saturated carbocycles. The van der Waals surface area contributed by atoms with E-state index < -0.39 is 0 Å². The Morgan fingerprint density at radius 1 is 0.656 bits per heavy atom. The maximum Gasteiger partial charge on any atom is 0.0316 e. The summed E-state index contributed by atoms with van der Waals surface area (Å²) in [7, 11) is 0. The molecule has 0 heterocycles. The molecule has 0 saturated heterocycles. The number of rotatable bonds is 12. The van der Waals surface area contributed by atoms with E-state index in [-0.39, 0.29) is 0 Å². The number of nitrogens with two attached hydrogens (primary N) is 2. The average Bonchev–Trinajstić information content (AvgIpc) is 3.31. The summed E-state index contributed by atoms with van der Waals surface area (Å²) in [5.41, 5.74) is 28.7. The number of hydrogen-bond acceptors (Lipinski definition) is 2. The van der Waals surface area contributed by atoms with Crippen LogP contribution in [-0.4, -0.2) is 0 Å². The van der Waals surface area contributed by atoms with Crippen LogP contribution in [0.4, 0.5) is 5.69 Å².